The average Bonchev–Trinajstić information content (AvgIpc) is 3.22. The van der Waals surface area contributed by atoms with Crippen molar-refractivity contribution in [3.8, 4) is 0 Å². The van der Waals surface area contributed by atoms with Gasteiger partial charge >= 0.3 is 27.6 Å². The molecule has 5 atom stereocenters. The molecule has 364 valence electrons. The van der Waals surface area contributed by atoms with Gasteiger partial charge in [-0.3, -0.25) is 23.2 Å². The molecule has 0 radical (unpaired) electrons. The maximum atomic E-state index is 12.7. The topological polar surface area (TPSA) is 236 Å². The summed E-state index contributed by atoms with van der Waals surface area (Å²) in [6, 6.07) is 0. The molecule has 0 aromatic rings. The van der Waals surface area contributed by atoms with Crippen molar-refractivity contribution >= 4 is 27.6 Å². The molecule has 15 nitrogen and oxygen atoms in total. The van der Waals surface area contributed by atoms with Crippen molar-refractivity contribution in [3.05, 3.63) is 72.9 Å². The average molecular weight is 935 g/mol. The first kappa shape index (κ1) is 60.5. The molecule has 0 aromatic carbocycles. The Bertz CT molecular complexity index is 1440. The normalized spacial score (nSPS) is 15.7. The number of phosphoric ester groups is 2. The molecular weight excluding hydrogens is 854 g/mol. The highest BCUT2D eigenvalue weighted by Gasteiger charge is 2.28. The fourth-order valence-corrected chi connectivity index (χ4v) is 6.90. The summed E-state index contributed by atoms with van der Waals surface area (Å²) in [7, 11) is -9.75. The van der Waals surface area contributed by atoms with E-state index in [9.17, 15) is 38.9 Å². The van der Waals surface area contributed by atoms with E-state index in [-0.39, 0.29) is 12.8 Å². The van der Waals surface area contributed by atoms with E-state index in [1.54, 1.807) is 30.4 Å². The van der Waals surface area contributed by atoms with Crippen LogP contribution in [-0.4, -0.2) is 92.8 Å². The molecule has 0 bridgehead atoms. The lowest BCUT2D eigenvalue weighted by Gasteiger charge is -2.20. The molecule has 0 aliphatic rings. The summed E-state index contributed by atoms with van der Waals surface area (Å²) >= 11 is 0. The van der Waals surface area contributed by atoms with Gasteiger partial charge in [0.05, 0.1) is 32.0 Å². The van der Waals surface area contributed by atoms with E-state index in [4.69, 9.17) is 23.8 Å². The molecule has 0 aliphatic carbocycles. The number of aliphatic hydroxyl groups is 3. The lowest BCUT2D eigenvalue weighted by atomic mass is 10.0. The predicted octanol–water partition coefficient (Wildman–Crippen LogP) is 9.58. The van der Waals surface area contributed by atoms with E-state index in [1.807, 2.05) is 49.5 Å². The monoisotopic (exact) mass is 934 g/mol. The number of hydrogen-bond donors (Lipinski definition) is 6. The number of aliphatic hydroxyl groups excluding tert-OH is 3. The molecular formula is C46H80O15P2. The second-order valence-electron chi connectivity index (χ2n) is 15.8. The number of carbonyl (C=O) groups excluding carboxylic acids is 2. The molecule has 0 amide bonds. The summed E-state index contributed by atoms with van der Waals surface area (Å²) in [4.78, 5) is 52.7. The number of phosphoric acid groups is 2. The van der Waals surface area contributed by atoms with Gasteiger partial charge in [-0.25, -0.2) is 9.13 Å². The Morgan fingerprint density at radius 2 is 1.14 bits per heavy atom. The van der Waals surface area contributed by atoms with Crippen molar-refractivity contribution in [3.63, 3.8) is 0 Å². The second-order valence-corrected chi connectivity index (χ2v) is 18.5. The standard InChI is InChI=1S/C46H80O15P2/c1-4-5-22-30-41(47)31-24-18-14-12-15-19-25-32-42(48)33-26-21-28-34-45(50)57-38-44(39-60-63(55,56)59-37-43(49)36-58-62(52,53)54)61-46(51)35-27-20-16-11-9-7-6-8-10-13-17-23-29-40(2)3/h5,14-15,18-19,22,24-26,31-33,40-44,47-49H,4,6-13,16-17,20-21,23,27-30,34-39H2,1-3H3,(H,55,56)(H2,52,53,54)/b18-14-,19-15-,22-5-,31-24+,32-25+,33-26-/t41-,42-,43+,44-/m1/s1. The minimum absolute atomic E-state index is 0.00667. The van der Waals surface area contributed by atoms with E-state index in [2.05, 4.69) is 22.9 Å². The van der Waals surface area contributed by atoms with Gasteiger partial charge in [-0.2, -0.15) is 0 Å². The molecule has 0 saturated heterocycles. The van der Waals surface area contributed by atoms with Crippen LogP contribution in [0.3, 0.4) is 0 Å². The number of ether oxygens (including phenoxy) is 2. The van der Waals surface area contributed by atoms with E-state index in [1.165, 1.54) is 51.4 Å². The molecule has 6 N–H and O–H groups in total. The van der Waals surface area contributed by atoms with E-state index in [0.717, 1.165) is 38.0 Å². The first-order valence-electron chi connectivity index (χ1n) is 22.7. The van der Waals surface area contributed by atoms with Gasteiger partial charge in [0.25, 0.3) is 0 Å². The molecule has 0 aromatic heterocycles. The third-order valence-corrected chi connectivity index (χ3v) is 10.6. The molecule has 17 heteroatoms. The Morgan fingerprint density at radius 1 is 0.587 bits per heavy atom. The Hall–Kier alpha value is -2.52. The number of unbranched alkanes of at least 4 members (excludes halogenated alkanes) is 12. The largest absolute Gasteiger partial charge is 0.472 e. The van der Waals surface area contributed by atoms with E-state index in [0.29, 0.717) is 32.1 Å². The number of allylic oxidation sites excluding steroid dienone is 8. The summed E-state index contributed by atoms with van der Waals surface area (Å²) in [5, 5.41) is 29.8. The van der Waals surface area contributed by atoms with Gasteiger partial charge < -0.3 is 39.5 Å². The van der Waals surface area contributed by atoms with Crippen LogP contribution >= 0.6 is 15.6 Å². The SMILES string of the molecule is CC/C=C\C[C@@H](O)/C=C/C=C\C/C=C\C=C\[C@@H](O)/C=C\CCCC(=O)OC[C@H](COP(=O)(O)OC[C@@H](O)COP(=O)(O)O)OC(=O)CCCCCCCCCCCCCCC(C)C. The highest BCUT2D eigenvalue weighted by atomic mass is 31.2. The summed E-state index contributed by atoms with van der Waals surface area (Å²) < 4.78 is 47.7. The van der Waals surface area contributed by atoms with Crippen molar-refractivity contribution in [1.82, 2.24) is 0 Å². The quantitative estimate of drug-likeness (QED) is 0.0110. The number of hydrogen-bond acceptors (Lipinski definition) is 12. The summed E-state index contributed by atoms with van der Waals surface area (Å²) in [5.41, 5.74) is 0. The lowest BCUT2D eigenvalue weighted by Crippen LogP contribution is -2.30. The Kier molecular flexibility index (Phi) is 38.2. The second kappa shape index (κ2) is 39.8. The molecule has 0 fully saturated rings. The lowest BCUT2D eigenvalue weighted by molar-refractivity contribution is -0.161. The van der Waals surface area contributed by atoms with E-state index >= 15 is 0 Å². The molecule has 0 aliphatic heterocycles. The molecule has 0 heterocycles. The fraction of sp³-hybridized carbons (Fsp3) is 0.696. The number of carbonyl (C=O) groups is 2. The zero-order chi connectivity index (χ0) is 47.0. The third kappa shape index (κ3) is 44.5. The first-order valence-corrected chi connectivity index (χ1v) is 25.7. The van der Waals surface area contributed by atoms with Crippen LogP contribution in [0, 0.1) is 5.92 Å². The zero-order valence-corrected chi connectivity index (χ0v) is 39.8. The van der Waals surface area contributed by atoms with Gasteiger partial charge in [0.1, 0.15) is 12.7 Å². The van der Waals surface area contributed by atoms with Crippen LogP contribution < -0.4 is 0 Å². The van der Waals surface area contributed by atoms with Crippen LogP contribution in [0.15, 0.2) is 72.9 Å². The predicted molar refractivity (Wildman–Crippen MR) is 246 cm³/mol. The van der Waals surface area contributed by atoms with Gasteiger partial charge in [0.2, 0.25) is 0 Å². The zero-order valence-electron chi connectivity index (χ0n) is 38.0. The Balaban J connectivity index is 4.73. The minimum Gasteiger partial charge on any atom is -0.462 e. The molecule has 63 heavy (non-hydrogen) atoms. The van der Waals surface area contributed by atoms with Crippen LogP contribution in [0.1, 0.15) is 149 Å². The molecule has 1 unspecified atom stereocenters. The summed E-state index contributed by atoms with van der Waals surface area (Å²) in [6.45, 7) is 3.65. The van der Waals surface area contributed by atoms with E-state index < -0.39 is 78.4 Å². The van der Waals surface area contributed by atoms with Crippen LogP contribution in [0.4, 0.5) is 0 Å². The molecule has 0 saturated carbocycles. The van der Waals surface area contributed by atoms with Crippen LogP contribution in [0.5, 0.6) is 0 Å². The van der Waals surface area contributed by atoms with Gasteiger partial charge in [-0.1, -0.05) is 171 Å². The van der Waals surface area contributed by atoms with Crippen molar-refractivity contribution in [1.29, 1.82) is 0 Å². The van der Waals surface area contributed by atoms with Crippen LogP contribution in [-0.2, 0) is 41.8 Å². The van der Waals surface area contributed by atoms with Crippen molar-refractivity contribution < 1.29 is 71.8 Å². The van der Waals surface area contributed by atoms with Crippen molar-refractivity contribution in [2.45, 2.75) is 174 Å². The minimum atomic E-state index is -4.89. The Labute approximate surface area is 377 Å². The molecule has 0 rings (SSSR count). The van der Waals surface area contributed by atoms with Gasteiger partial charge in [0.15, 0.2) is 6.10 Å². The number of rotatable bonds is 41. The smallest absolute Gasteiger partial charge is 0.462 e. The fourth-order valence-electron chi connectivity index (χ4n) is 5.74. The highest BCUT2D eigenvalue weighted by Crippen LogP contribution is 2.43. The van der Waals surface area contributed by atoms with Crippen molar-refractivity contribution in [2.24, 2.45) is 5.92 Å². The highest BCUT2D eigenvalue weighted by molar-refractivity contribution is 7.47. The van der Waals surface area contributed by atoms with Crippen molar-refractivity contribution in [2.75, 3.05) is 26.4 Å². The number of esters is 2. The van der Waals surface area contributed by atoms with Gasteiger partial charge in [-0.05, 0) is 44.4 Å². The van der Waals surface area contributed by atoms with Gasteiger partial charge in [-0.15, -0.1) is 0 Å². The van der Waals surface area contributed by atoms with Gasteiger partial charge in [0, 0.05) is 12.8 Å². The third-order valence-electron chi connectivity index (χ3n) is 9.20. The Morgan fingerprint density at radius 3 is 1.75 bits per heavy atom. The maximum Gasteiger partial charge on any atom is 0.472 e. The molecule has 0 spiro atoms. The van der Waals surface area contributed by atoms with Crippen LogP contribution in [0.25, 0.3) is 0 Å². The summed E-state index contributed by atoms with van der Waals surface area (Å²) in [6.07, 6.45) is 35.5. The van der Waals surface area contributed by atoms with Crippen LogP contribution in [0.2, 0.25) is 0 Å². The summed E-state index contributed by atoms with van der Waals surface area (Å²) in [5.74, 6) is -0.440. The maximum absolute atomic E-state index is 12.7. The first-order chi connectivity index (χ1) is 30.0.